The van der Waals surface area contributed by atoms with Crippen LogP contribution >= 0.6 is 27.3 Å². The molecule has 2 aromatic rings. The first-order valence-corrected chi connectivity index (χ1v) is 8.63. The van der Waals surface area contributed by atoms with Crippen molar-refractivity contribution in [2.24, 2.45) is 5.10 Å². The molecule has 2 rings (SSSR count). The van der Waals surface area contributed by atoms with Gasteiger partial charge in [-0.05, 0) is 47.5 Å². The third-order valence-electron chi connectivity index (χ3n) is 2.93. The van der Waals surface area contributed by atoms with Crippen molar-refractivity contribution in [2.45, 2.75) is 13.8 Å². The van der Waals surface area contributed by atoms with Crippen LogP contribution < -0.4 is 20.6 Å². The fourth-order valence-electron chi connectivity index (χ4n) is 1.97. The van der Waals surface area contributed by atoms with Crippen molar-refractivity contribution < 1.29 is 14.3 Å². The number of hydrogen-bond donors (Lipinski definition) is 2. The van der Waals surface area contributed by atoms with E-state index in [1.165, 1.54) is 6.21 Å². The average Bonchev–Trinajstić information content (AvgIpc) is 2.86. The molecule has 0 atom stereocenters. The van der Waals surface area contributed by atoms with Crippen LogP contribution in [0.15, 0.2) is 21.7 Å². The van der Waals surface area contributed by atoms with Crippen LogP contribution in [0.4, 0.5) is 5.13 Å². The number of hydrogen-bond acceptors (Lipinski definition) is 7. The predicted octanol–water partition coefficient (Wildman–Crippen LogP) is 2.97. The number of carbonyl (C=O) groups excluding carboxylic acids is 1. The summed E-state index contributed by atoms with van der Waals surface area (Å²) in [5, 5.41) is 4.31. The molecule has 7 nitrogen and oxygen atoms in total. The molecule has 1 aromatic carbocycles. The first-order valence-electron chi connectivity index (χ1n) is 7.02. The van der Waals surface area contributed by atoms with Crippen molar-refractivity contribution in [3.63, 3.8) is 0 Å². The number of benzene rings is 1. The van der Waals surface area contributed by atoms with E-state index in [2.05, 4.69) is 31.4 Å². The van der Waals surface area contributed by atoms with Crippen LogP contribution in [-0.4, -0.2) is 30.8 Å². The Balaban J connectivity index is 2.14. The molecule has 1 amide bonds. The maximum absolute atomic E-state index is 12.0. The molecule has 24 heavy (non-hydrogen) atoms. The molecule has 9 heteroatoms. The van der Waals surface area contributed by atoms with Crippen molar-refractivity contribution in [1.29, 1.82) is 0 Å². The van der Waals surface area contributed by atoms with Crippen LogP contribution in [0.5, 0.6) is 11.5 Å². The molecule has 1 aromatic heterocycles. The van der Waals surface area contributed by atoms with Gasteiger partial charge in [0.05, 0.1) is 30.1 Å². The van der Waals surface area contributed by atoms with Gasteiger partial charge in [0, 0.05) is 0 Å². The highest BCUT2D eigenvalue weighted by Crippen LogP contribution is 2.36. The molecular formula is C15H17BrN4O3S. The minimum Gasteiger partial charge on any atom is -0.492 e. The molecule has 0 aliphatic heterocycles. The van der Waals surface area contributed by atoms with Gasteiger partial charge >= 0.3 is 0 Å². The Bertz CT molecular complexity index is 776. The summed E-state index contributed by atoms with van der Waals surface area (Å²) in [5.74, 6) is 0.845. The minimum atomic E-state index is -0.351. The van der Waals surface area contributed by atoms with Crippen LogP contribution in [0.3, 0.4) is 0 Å². The first kappa shape index (κ1) is 18.2. The van der Waals surface area contributed by atoms with E-state index in [1.54, 1.807) is 20.1 Å². The molecule has 0 radical (unpaired) electrons. The molecule has 3 N–H and O–H groups in total. The highest BCUT2D eigenvalue weighted by Gasteiger charge is 2.13. The number of thiazole rings is 1. The lowest BCUT2D eigenvalue weighted by Gasteiger charge is -2.11. The number of methoxy groups -OCH3 is 1. The number of aryl methyl sites for hydroxylation is 1. The summed E-state index contributed by atoms with van der Waals surface area (Å²) in [6, 6.07) is 3.59. The van der Waals surface area contributed by atoms with Gasteiger partial charge in [0.15, 0.2) is 16.6 Å². The summed E-state index contributed by atoms with van der Waals surface area (Å²) in [6.45, 7) is 4.12. The summed E-state index contributed by atoms with van der Waals surface area (Å²) in [5.41, 5.74) is 9.37. The highest BCUT2D eigenvalue weighted by molar-refractivity contribution is 9.10. The van der Waals surface area contributed by atoms with E-state index in [0.717, 1.165) is 21.4 Å². The van der Waals surface area contributed by atoms with Crippen molar-refractivity contribution in [2.75, 3.05) is 19.5 Å². The van der Waals surface area contributed by atoms with Crippen LogP contribution in [-0.2, 0) is 0 Å². The summed E-state index contributed by atoms with van der Waals surface area (Å²) in [6.07, 6.45) is 1.52. The third kappa shape index (κ3) is 4.24. The molecule has 1 heterocycles. The molecular weight excluding hydrogens is 396 g/mol. The van der Waals surface area contributed by atoms with Gasteiger partial charge in [-0.2, -0.15) is 5.10 Å². The number of hydrazone groups is 1. The van der Waals surface area contributed by atoms with E-state index in [0.29, 0.717) is 33.8 Å². The van der Waals surface area contributed by atoms with Crippen molar-refractivity contribution in [1.82, 2.24) is 10.4 Å². The number of nitrogens with two attached hydrogens (primary N) is 1. The molecule has 0 spiro atoms. The van der Waals surface area contributed by atoms with Crippen LogP contribution in [0.25, 0.3) is 0 Å². The van der Waals surface area contributed by atoms with Crippen molar-refractivity contribution in [3.8, 4) is 11.5 Å². The van der Waals surface area contributed by atoms with Crippen LogP contribution in [0.1, 0.15) is 27.9 Å². The summed E-state index contributed by atoms with van der Waals surface area (Å²) in [7, 11) is 1.57. The Morgan fingerprint density at radius 1 is 1.54 bits per heavy atom. The fourth-order valence-corrected chi connectivity index (χ4v) is 3.31. The van der Waals surface area contributed by atoms with E-state index in [9.17, 15) is 4.79 Å². The molecule has 0 aliphatic rings. The summed E-state index contributed by atoms with van der Waals surface area (Å²) >= 11 is 4.55. The lowest BCUT2D eigenvalue weighted by Crippen LogP contribution is -2.17. The third-order valence-corrected chi connectivity index (χ3v) is 4.51. The highest BCUT2D eigenvalue weighted by atomic mass is 79.9. The quantitative estimate of drug-likeness (QED) is 0.561. The van der Waals surface area contributed by atoms with E-state index in [4.69, 9.17) is 15.2 Å². The number of rotatable bonds is 6. The van der Waals surface area contributed by atoms with Gasteiger partial charge in [-0.1, -0.05) is 11.3 Å². The predicted molar refractivity (Wildman–Crippen MR) is 98.2 cm³/mol. The first-order chi connectivity index (χ1) is 11.5. The van der Waals surface area contributed by atoms with Gasteiger partial charge in [-0.3, -0.25) is 4.79 Å². The smallest absolute Gasteiger partial charge is 0.283 e. The Labute approximate surface area is 152 Å². The van der Waals surface area contributed by atoms with Gasteiger partial charge in [-0.25, -0.2) is 10.4 Å². The van der Waals surface area contributed by atoms with Crippen LogP contribution in [0, 0.1) is 6.92 Å². The number of nitrogens with zero attached hydrogens (tertiary/aromatic N) is 2. The molecule has 0 fully saturated rings. The number of nitrogen functional groups attached to an aromatic ring is 1. The van der Waals surface area contributed by atoms with Gasteiger partial charge in [0.2, 0.25) is 0 Å². The normalized spacial score (nSPS) is 10.8. The standard InChI is InChI=1S/C15H17BrN4O3S/c1-4-23-11-6-9(5-10(16)12(11)22-3)7-18-20-14(21)13-8(2)19-15(17)24-13/h5-7H,4H2,1-3H3,(H2,17,19)(H,20,21)/b18-7-. The van der Waals surface area contributed by atoms with Gasteiger partial charge in [0.1, 0.15) is 4.88 Å². The monoisotopic (exact) mass is 412 g/mol. The molecule has 0 saturated carbocycles. The maximum Gasteiger partial charge on any atom is 0.283 e. The second-order valence-electron chi connectivity index (χ2n) is 4.63. The summed E-state index contributed by atoms with van der Waals surface area (Å²) < 4.78 is 11.6. The summed E-state index contributed by atoms with van der Waals surface area (Å²) in [4.78, 5) is 16.5. The van der Waals surface area contributed by atoms with Gasteiger partial charge in [-0.15, -0.1) is 0 Å². The van der Waals surface area contributed by atoms with Gasteiger partial charge in [0.25, 0.3) is 5.91 Å². The lowest BCUT2D eigenvalue weighted by molar-refractivity contribution is 0.0958. The molecule has 128 valence electrons. The number of amides is 1. The molecule has 0 unspecified atom stereocenters. The number of anilines is 1. The van der Waals surface area contributed by atoms with E-state index in [-0.39, 0.29) is 5.91 Å². The maximum atomic E-state index is 12.0. The SMILES string of the molecule is CCOc1cc(/C=N\NC(=O)c2sc(N)nc2C)cc(Br)c1OC. The number of ether oxygens (including phenoxy) is 2. The average molecular weight is 413 g/mol. The van der Waals surface area contributed by atoms with E-state index in [1.807, 2.05) is 13.0 Å². The number of halogens is 1. The Morgan fingerprint density at radius 3 is 2.88 bits per heavy atom. The Kier molecular flexibility index (Phi) is 6.16. The zero-order chi connectivity index (χ0) is 17.7. The Hall–Kier alpha value is -2.13. The zero-order valence-electron chi connectivity index (χ0n) is 13.4. The number of nitrogens with one attached hydrogen (secondary N) is 1. The second kappa shape index (κ2) is 8.11. The number of aromatic nitrogens is 1. The zero-order valence-corrected chi connectivity index (χ0v) is 15.8. The molecule has 0 bridgehead atoms. The molecule has 0 aliphatic carbocycles. The lowest BCUT2D eigenvalue weighted by atomic mass is 10.2. The fraction of sp³-hybridized carbons (Fsp3) is 0.267. The van der Waals surface area contributed by atoms with E-state index >= 15 is 0 Å². The second-order valence-corrected chi connectivity index (χ2v) is 6.52. The topological polar surface area (TPSA) is 98.8 Å². The van der Waals surface area contributed by atoms with Crippen molar-refractivity contribution >= 4 is 44.5 Å². The largest absolute Gasteiger partial charge is 0.492 e. The van der Waals surface area contributed by atoms with Gasteiger partial charge < -0.3 is 15.2 Å². The van der Waals surface area contributed by atoms with E-state index < -0.39 is 0 Å². The number of carbonyl (C=O) groups is 1. The minimum absolute atomic E-state index is 0.349. The van der Waals surface area contributed by atoms with Crippen LogP contribution in [0.2, 0.25) is 0 Å². The van der Waals surface area contributed by atoms with Crippen molar-refractivity contribution in [3.05, 3.63) is 32.7 Å². The molecule has 0 saturated heterocycles. The Morgan fingerprint density at radius 2 is 2.29 bits per heavy atom.